The minimum absolute atomic E-state index is 0.0537. The molecule has 1 N–H and O–H groups in total. The molecule has 110 valence electrons. The van der Waals surface area contributed by atoms with Crippen LogP contribution >= 0.6 is 11.8 Å². The van der Waals surface area contributed by atoms with Gasteiger partial charge in [-0.2, -0.15) is 16.1 Å². The number of nitrogens with zero attached hydrogens (tertiary/aromatic N) is 1. The van der Waals surface area contributed by atoms with E-state index in [4.69, 9.17) is 4.42 Å². The van der Waals surface area contributed by atoms with E-state index in [-0.39, 0.29) is 10.9 Å². The van der Waals surface area contributed by atoms with Gasteiger partial charge in [-0.25, -0.2) is 8.42 Å². The smallest absolute Gasteiger partial charge is 0.246 e. The molecule has 1 atom stereocenters. The van der Waals surface area contributed by atoms with E-state index in [1.54, 1.807) is 38.8 Å². The van der Waals surface area contributed by atoms with Crippen molar-refractivity contribution >= 4 is 21.8 Å². The maximum atomic E-state index is 12.5. The van der Waals surface area contributed by atoms with Gasteiger partial charge in [0.15, 0.2) is 0 Å². The lowest BCUT2D eigenvalue weighted by Gasteiger charge is -2.23. The topological polar surface area (TPSA) is 62.6 Å². The molecule has 0 saturated heterocycles. The zero-order valence-corrected chi connectivity index (χ0v) is 13.7. The maximum absolute atomic E-state index is 12.5. The molecule has 0 fully saturated rings. The normalized spacial score (nSPS) is 14.0. The highest BCUT2D eigenvalue weighted by Crippen LogP contribution is 2.24. The Morgan fingerprint density at radius 1 is 1.53 bits per heavy atom. The number of hydrogen-bond donors (Lipinski definition) is 1. The summed E-state index contributed by atoms with van der Waals surface area (Å²) in [7, 11) is -0.0882. The van der Waals surface area contributed by atoms with Crippen molar-refractivity contribution in [2.75, 3.05) is 26.1 Å². The Bertz CT molecular complexity index is 511. The van der Waals surface area contributed by atoms with Crippen LogP contribution in [0.25, 0.3) is 0 Å². The van der Waals surface area contributed by atoms with Crippen molar-refractivity contribution in [1.82, 2.24) is 9.62 Å². The summed E-state index contributed by atoms with van der Waals surface area (Å²) in [5.41, 5.74) is 0. The van der Waals surface area contributed by atoms with E-state index >= 15 is 0 Å². The van der Waals surface area contributed by atoms with Gasteiger partial charge in [-0.05, 0) is 27.2 Å². The van der Waals surface area contributed by atoms with Crippen LogP contribution in [0.5, 0.6) is 0 Å². The van der Waals surface area contributed by atoms with E-state index in [9.17, 15) is 8.42 Å². The summed E-state index contributed by atoms with van der Waals surface area (Å²) >= 11 is 1.63. The van der Waals surface area contributed by atoms with E-state index in [1.807, 2.05) is 13.2 Å². The third-order valence-corrected chi connectivity index (χ3v) is 5.85. The molecule has 1 heterocycles. The van der Waals surface area contributed by atoms with E-state index in [2.05, 4.69) is 5.32 Å². The molecule has 0 aliphatic heterocycles. The number of hydrogen-bond acceptors (Lipinski definition) is 5. The SMILES string of the molecule is CNCc1cc(S(=O)(=O)N(C)C(C)CSC)c(C)o1. The predicted octanol–water partition coefficient (Wildman–Crippen LogP) is 1.68. The van der Waals surface area contributed by atoms with Crippen LogP contribution < -0.4 is 5.32 Å². The van der Waals surface area contributed by atoms with Crippen molar-refractivity contribution in [3.63, 3.8) is 0 Å². The van der Waals surface area contributed by atoms with Gasteiger partial charge in [0.1, 0.15) is 16.4 Å². The predicted molar refractivity (Wildman–Crippen MR) is 79.0 cm³/mol. The lowest BCUT2D eigenvalue weighted by atomic mass is 10.4. The van der Waals surface area contributed by atoms with Crippen LogP contribution in [-0.2, 0) is 16.6 Å². The second-order valence-corrected chi connectivity index (χ2v) is 7.37. The Hall–Kier alpha value is -0.500. The molecule has 0 spiro atoms. The summed E-state index contributed by atoms with van der Waals surface area (Å²) in [6.07, 6.45) is 1.96. The Kier molecular flexibility index (Phi) is 5.91. The first-order valence-electron chi connectivity index (χ1n) is 6.05. The molecule has 7 heteroatoms. The van der Waals surface area contributed by atoms with Crippen molar-refractivity contribution in [1.29, 1.82) is 0 Å². The molecule has 1 rings (SSSR count). The zero-order chi connectivity index (χ0) is 14.6. The van der Waals surface area contributed by atoms with Gasteiger partial charge in [0.25, 0.3) is 0 Å². The summed E-state index contributed by atoms with van der Waals surface area (Å²) in [5.74, 6) is 1.83. The molecule has 0 amide bonds. The van der Waals surface area contributed by atoms with E-state index in [0.717, 1.165) is 5.75 Å². The van der Waals surface area contributed by atoms with Gasteiger partial charge in [-0.1, -0.05) is 0 Å². The average Bonchev–Trinajstić information content (AvgIpc) is 2.70. The molecule has 0 radical (unpaired) electrons. The highest BCUT2D eigenvalue weighted by Gasteiger charge is 2.29. The summed E-state index contributed by atoms with van der Waals surface area (Å²) in [4.78, 5) is 0.258. The van der Waals surface area contributed by atoms with Crippen molar-refractivity contribution < 1.29 is 12.8 Å². The lowest BCUT2D eigenvalue weighted by Crippen LogP contribution is -2.36. The van der Waals surface area contributed by atoms with Crippen molar-refractivity contribution in [3.8, 4) is 0 Å². The second kappa shape index (κ2) is 6.78. The van der Waals surface area contributed by atoms with Crippen LogP contribution in [-0.4, -0.2) is 44.9 Å². The van der Waals surface area contributed by atoms with Crippen LogP contribution in [0.1, 0.15) is 18.4 Å². The largest absolute Gasteiger partial charge is 0.464 e. The van der Waals surface area contributed by atoms with E-state index < -0.39 is 10.0 Å². The third kappa shape index (κ3) is 3.75. The minimum Gasteiger partial charge on any atom is -0.464 e. The fraction of sp³-hybridized carbons (Fsp3) is 0.667. The van der Waals surface area contributed by atoms with E-state index in [0.29, 0.717) is 18.1 Å². The first-order valence-corrected chi connectivity index (χ1v) is 8.88. The monoisotopic (exact) mass is 306 g/mol. The average molecular weight is 306 g/mol. The van der Waals surface area contributed by atoms with Crippen LogP contribution in [0.2, 0.25) is 0 Å². The Labute approximate surface area is 119 Å². The Balaban J connectivity index is 3.05. The zero-order valence-electron chi connectivity index (χ0n) is 12.1. The van der Waals surface area contributed by atoms with Gasteiger partial charge in [0.05, 0.1) is 6.54 Å². The number of furan rings is 1. The number of aryl methyl sites for hydroxylation is 1. The van der Waals surface area contributed by atoms with Gasteiger partial charge >= 0.3 is 0 Å². The quantitative estimate of drug-likeness (QED) is 0.830. The van der Waals surface area contributed by atoms with Gasteiger partial charge in [0, 0.05) is 24.9 Å². The first kappa shape index (κ1) is 16.6. The van der Waals surface area contributed by atoms with E-state index in [1.165, 1.54) is 4.31 Å². The van der Waals surface area contributed by atoms with Crippen LogP contribution in [0.3, 0.4) is 0 Å². The van der Waals surface area contributed by atoms with Gasteiger partial charge < -0.3 is 9.73 Å². The standard InChI is InChI=1S/C12H22N2O3S2/c1-9(8-18-5)14(4)19(15,16)12-6-11(7-13-3)17-10(12)2/h6,9,13H,7-8H2,1-5H3. The summed E-state index contributed by atoms with van der Waals surface area (Å²) in [5, 5.41) is 2.94. The van der Waals surface area contributed by atoms with Gasteiger partial charge in [-0.3, -0.25) is 0 Å². The van der Waals surface area contributed by atoms with Crippen LogP contribution in [0.15, 0.2) is 15.4 Å². The molecule has 0 bridgehead atoms. The number of rotatable bonds is 7. The minimum atomic E-state index is -3.49. The molecular weight excluding hydrogens is 284 g/mol. The van der Waals surface area contributed by atoms with Crippen LogP contribution in [0, 0.1) is 6.92 Å². The molecule has 19 heavy (non-hydrogen) atoms. The fourth-order valence-electron chi connectivity index (χ4n) is 1.78. The molecule has 0 saturated carbocycles. The summed E-state index contributed by atoms with van der Waals surface area (Å²) in [6.45, 7) is 4.09. The molecule has 5 nitrogen and oxygen atoms in total. The lowest BCUT2D eigenvalue weighted by molar-refractivity contribution is 0.412. The molecule has 0 aromatic carbocycles. The second-order valence-electron chi connectivity index (χ2n) is 4.49. The van der Waals surface area contributed by atoms with Crippen molar-refractivity contribution in [2.45, 2.75) is 31.3 Å². The number of nitrogens with one attached hydrogen (secondary N) is 1. The third-order valence-electron chi connectivity index (χ3n) is 2.96. The van der Waals surface area contributed by atoms with Gasteiger partial charge in [0.2, 0.25) is 10.0 Å². The fourth-order valence-corrected chi connectivity index (χ4v) is 4.12. The molecule has 0 aliphatic rings. The molecule has 0 aliphatic carbocycles. The Morgan fingerprint density at radius 2 is 2.16 bits per heavy atom. The summed E-state index contributed by atoms with van der Waals surface area (Å²) in [6, 6.07) is 1.55. The molecular formula is C12H22N2O3S2. The van der Waals surface area contributed by atoms with Crippen LogP contribution in [0.4, 0.5) is 0 Å². The highest BCUT2D eigenvalue weighted by molar-refractivity contribution is 7.98. The number of sulfonamides is 1. The summed E-state index contributed by atoms with van der Waals surface area (Å²) < 4.78 is 31.9. The maximum Gasteiger partial charge on any atom is 0.246 e. The molecule has 1 aromatic heterocycles. The van der Waals surface area contributed by atoms with Crippen molar-refractivity contribution in [2.24, 2.45) is 0 Å². The highest BCUT2D eigenvalue weighted by atomic mass is 32.2. The van der Waals surface area contributed by atoms with Gasteiger partial charge in [-0.15, -0.1) is 0 Å². The molecule has 1 aromatic rings. The first-order chi connectivity index (χ1) is 8.84. The number of thioether (sulfide) groups is 1. The molecule has 1 unspecified atom stereocenters. The Morgan fingerprint density at radius 3 is 2.68 bits per heavy atom. The van der Waals surface area contributed by atoms with Crippen molar-refractivity contribution in [3.05, 3.63) is 17.6 Å².